The van der Waals surface area contributed by atoms with Crippen LogP contribution in [0.15, 0.2) is 182 Å². The van der Waals surface area contributed by atoms with Gasteiger partial charge in [-0.1, -0.05) is 134 Å². The Morgan fingerprint density at radius 2 is 0.932 bits per heavy atom. The van der Waals surface area contributed by atoms with Crippen LogP contribution in [0, 0.1) is 0 Å². The number of hydrogen-bond donors (Lipinski definition) is 0. The van der Waals surface area contributed by atoms with Crippen molar-refractivity contribution in [2.75, 3.05) is 9.80 Å². The third-order valence-corrected chi connectivity index (χ3v) is 8.51. The Labute approximate surface area is 261 Å². The number of benzene rings is 5. The van der Waals surface area contributed by atoms with Crippen LogP contribution in [0.25, 0.3) is 16.7 Å². The summed E-state index contributed by atoms with van der Waals surface area (Å²) in [6.45, 7) is 0. The molecule has 0 heterocycles. The molecule has 0 aromatic heterocycles. The van der Waals surface area contributed by atoms with Crippen molar-refractivity contribution in [3.8, 4) is 11.1 Å². The maximum Gasteiger partial charge on any atom is 0.0517 e. The van der Waals surface area contributed by atoms with Crippen LogP contribution in [-0.2, 0) is 0 Å². The summed E-state index contributed by atoms with van der Waals surface area (Å²) in [7, 11) is 0. The zero-order valence-corrected chi connectivity index (χ0v) is 24.8. The van der Waals surface area contributed by atoms with Gasteiger partial charge in [-0.15, -0.1) is 0 Å². The van der Waals surface area contributed by atoms with E-state index < -0.39 is 0 Å². The second kappa shape index (κ2) is 12.9. The van der Waals surface area contributed by atoms with Crippen LogP contribution in [0.3, 0.4) is 0 Å². The smallest absolute Gasteiger partial charge is 0.0517 e. The number of hydrogen-bond acceptors (Lipinski definition) is 2. The van der Waals surface area contributed by atoms with Gasteiger partial charge in [0.25, 0.3) is 0 Å². The minimum Gasteiger partial charge on any atom is -0.358 e. The molecule has 5 aromatic rings. The van der Waals surface area contributed by atoms with E-state index in [4.69, 9.17) is 0 Å². The lowest BCUT2D eigenvalue weighted by Gasteiger charge is -2.38. The number of anilines is 4. The van der Waals surface area contributed by atoms with E-state index in [1.807, 2.05) is 0 Å². The number of nitrogens with zero attached hydrogens (tertiary/aromatic N) is 2. The first-order valence-corrected chi connectivity index (χ1v) is 15.5. The van der Waals surface area contributed by atoms with E-state index in [0.29, 0.717) is 12.1 Å². The van der Waals surface area contributed by atoms with Gasteiger partial charge in [-0.2, -0.15) is 0 Å². The highest BCUT2D eigenvalue weighted by Crippen LogP contribution is 2.36. The van der Waals surface area contributed by atoms with Gasteiger partial charge in [-0.25, -0.2) is 0 Å². The van der Waals surface area contributed by atoms with Crippen LogP contribution < -0.4 is 9.80 Å². The normalized spacial score (nSPS) is 17.2. The molecule has 2 heteroatoms. The van der Waals surface area contributed by atoms with Crippen molar-refractivity contribution in [2.45, 2.75) is 24.9 Å². The van der Waals surface area contributed by atoms with Crippen molar-refractivity contribution in [3.63, 3.8) is 0 Å². The first-order valence-electron chi connectivity index (χ1n) is 15.5. The SMILES string of the molecule is C1=CCC(N(c2ccccc2)C2C=CC(c3ccc(-c4ccc(N(c5ccccc5)c5ccccc5)cc4)cc3)=CC2)C=C1. The predicted molar refractivity (Wildman–Crippen MR) is 188 cm³/mol. The molecule has 5 aromatic carbocycles. The Hall–Kier alpha value is -5.34. The van der Waals surface area contributed by atoms with Gasteiger partial charge in [0.05, 0.1) is 12.1 Å². The van der Waals surface area contributed by atoms with Crippen LogP contribution >= 0.6 is 0 Å². The fourth-order valence-electron chi connectivity index (χ4n) is 6.29. The third kappa shape index (κ3) is 5.93. The monoisotopic (exact) mass is 568 g/mol. The number of para-hydroxylation sites is 3. The van der Waals surface area contributed by atoms with Gasteiger partial charge >= 0.3 is 0 Å². The van der Waals surface area contributed by atoms with Gasteiger partial charge in [0.2, 0.25) is 0 Å². The molecule has 0 saturated heterocycles. The third-order valence-electron chi connectivity index (χ3n) is 8.51. The maximum atomic E-state index is 2.56. The molecule has 0 saturated carbocycles. The highest BCUT2D eigenvalue weighted by molar-refractivity contribution is 5.80. The summed E-state index contributed by atoms with van der Waals surface area (Å²) in [5, 5.41) is 0. The Kier molecular flexibility index (Phi) is 8.05. The molecule has 44 heavy (non-hydrogen) atoms. The molecular weight excluding hydrogens is 532 g/mol. The maximum absolute atomic E-state index is 2.56. The molecule has 0 radical (unpaired) electrons. The van der Waals surface area contributed by atoms with Crippen molar-refractivity contribution in [3.05, 3.63) is 188 Å². The first-order chi connectivity index (χ1) is 21.8. The van der Waals surface area contributed by atoms with E-state index in [9.17, 15) is 0 Å². The van der Waals surface area contributed by atoms with Crippen LogP contribution in [0.1, 0.15) is 18.4 Å². The standard InChI is InChI=1S/C42H36N2/c1-5-13-37(14-6-1)43(38-15-7-2-8-16-38)41-29-25-35(26-30-41)33-21-23-34(24-22-33)36-27-31-42(32-28-36)44(39-17-9-3-10-18-39)40-19-11-4-12-20-40/h1-19,21-31,40,42H,20,32H2. The minimum atomic E-state index is 0.325. The molecule has 0 aliphatic heterocycles. The molecule has 2 aliphatic carbocycles. The second-order valence-electron chi connectivity index (χ2n) is 11.3. The molecule has 2 atom stereocenters. The molecular formula is C42H36N2. The average Bonchev–Trinajstić information content (AvgIpc) is 3.11. The van der Waals surface area contributed by atoms with Crippen molar-refractivity contribution < 1.29 is 0 Å². The summed E-state index contributed by atoms with van der Waals surface area (Å²) in [6.07, 6.45) is 18.0. The Morgan fingerprint density at radius 3 is 1.45 bits per heavy atom. The molecule has 2 aliphatic rings. The van der Waals surface area contributed by atoms with E-state index in [0.717, 1.165) is 29.9 Å². The number of rotatable bonds is 8. The van der Waals surface area contributed by atoms with Gasteiger partial charge < -0.3 is 9.80 Å². The quantitative estimate of drug-likeness (QED) is 0.184. The van der Waals surface area contributed by atoms with Crippen LogP contribution in [-0.4, -0.2) is 12.1 Å². The van der Waals surface area contributed by atoms with Crippen LogP contribution in [0.5, 0.6) is 0 Å². The second-order valence-corrected chi connectivity index (χ2v) is 11.3. The van der Waals surface area contributed by atoms with Gasteiger partial charge in [-0.05, 0) is 83.6 Å². The van der Waals surface area contributed by atoms with Gasteiger partial charge in [0.1, 0.15) is 0 Å². The van der Waals surface area contributed by atoms with E-state index in [1.165, 1.54) is 28.0 Å². The predicted octanol–water partition coefficient (Wildman–Crippen LogP) is 10.9. The lowest BCUT2D eigenvalue weighted by Crippen LogP contribution is -2.42. The zero-order valence-electron chi connectivity index (χ0n) is 24.8. The summed E-state index contributed by atoms with van der Waals surface area (Å²) in [6, 6.07) is 50.4. The molecule has 0 amide bonds. The molecule has 7 rings (SSSR count). The lowest BCUT2D eigenvalue weighted by molar-refractivity contribution is 0.617. The lowest BCUT2D eigenvalue weighted by atomic mass is 9.93. The van der Waals surface area contributed by atoms with Gasteiger partial charge in [0, 0.05) is 22.7 Å². The molecule has 0 bridgehead atoms. The molecule has 2 nitrogen and oxygen atoms in total. The fourth-order valence-corrected chi connectivity index (χ4v) is 6.29. The van der Waals surface area contributed by atoms with E-state index in [2.05, 4.69) is 192 Å². The van der Waals surface area contributed by atoms with Gasteiger partial charge in [0.15, 0.2) is 0 Å². The zero-order chi connectivity index (χ0) is 29.6. The molecule has 214 valence electrons. The Balaban J connectivity index is 1.08. The van der Waals surface area contributed by atoms with Crippen LogP contribution in [0.4, 0.5) is 22.7 Å². The van der Waals surface area contributed by atoms with Crippen molar-refractivity contribution in [1.82, 2.24) is 0 Å². The molecule has 0 fully saturated rings. The van der Waals surface area contributed by atoms with Gasteiger partial charge in [-0.3, -0.25) is 0 Å². The van der Waals surface area contributed by atoms with Crippen molar-refractivity contribution >= 4 is 28.3 Å². The summed E-state index contributed by atoms with van der Waals surface area (Å²) in [5.41, 5.74) is 9.67. The minimum absolute atomic E-state index is 0.325. The summed E-state index contributed by atoms with van der Waals surface area (Å²) < 4.78 is 0. The topological polar surface area (TPSA) is 6.48 Å². The highest BCUT2D eigenvalue weighted by atomic mass is 15.2. The summed E-state index contributed by atoms with van der Waals surface area (Å²) in [4.78, 5) is 4.86. The molecule has 2 unspecified atom stereocenters. The first kappa shape index (κ1) is 27.5. The Morgan fingerprint density at radius 1 is 0.432 bits per heavy atom. The molecule has 0 spiro atoms. The number of allylic oxidation sites excluding steroid dienone is 4. The van der Waals surface area contributed by atoms with E-state index >= 15 is 0 Å². The fraction of sp³-hybridized carbons (Fsp3) is 0.0952. The highest BCUT2D eigenvalue weighted by Gasteiger charge is 2.24. The van der Waals surface area contributed by atoms with Crippen molar-refractivity contribution in [1.29, 1.82) is 0 Å². The van der Waals surface area contributed by atoms with Crippen LogP contribution in [0.2, 0.25) is 0 Å². The molecule has 0 N–H and O–H groups in total. The summed E-state index contributed by atoms with van der Waals surface area (Å²) >= 11 is 0. The van der Waals surface area contributed by atoms with E-state index in [1.54, 1.807) is 0 Å². The van der Waals surface area contributed by atoms with E-state index in [-0.39, 0.29) is 0 Å². The summed E-state index contributed by atoms with van der Waals surface area (Å²) in [5.74, 6) is 0. The van der Waals surface area contributed by atoms with Crippen molar-refractivity contribution in [2.24, 2.45) is 0 Å². The average molecular weight is 569 g/mol. The Bertz CT molecular complexity index is 1740. The largest absolute Gasteiger partial charge is 0.358 e.